The molecule has 0 saturated carbocycles. The number of hydrogen-bond acceptors (Lipinski definition) is 1. The van der Waals surface area contributed by atoms with Crippen LogP contribution in [-0.2, 0) is 12.8 Å². The van der Waals surface area contributed by atoms with Crippen molar-refractivity contribution in [1.82, 2.24) is 0 Å². The van der Waals surface area contributed by atoms with Crippen molar-refractivity contribution in [3.05, 3.63) is 70.0 Å². The molecule has 2 aromatic carbocycles. The molecule has 20 heavy (non-hydrogen) atoms. The summed E-state index contributed by atoms with van der Waals surface area (Å²) >= 11 is 0. The Morgan fingerprint density at radius 1 is 1.05 bits per heavy atom. The predicted molar refractivity (Wildman–Crippen MR) is 78.2 cm³/mol. The lowest BCUT2D eigenvalue weighted by Gasteiger charge is -2.22. The number of benzene rings is 2. The average Bonchev–Trinajstić information content (AvgIpc) is 2.81. The molecule has 0 heterocycles. The third-order valence-electron chi connectivity index (χ3n) is 4.38. The lowest BCUT2D eigenvalue weighted by Crippen LogP contribution is -2.15. The van der Waals surface area contributed by atoms with Crippen LogP contribution in [0.3, 0.4) is 0 Å². The number of halogens is 1. The highest BCUT2D eigenvalue weighted by Gasteiger charge is 2.29. The summed E-state index contributed by atoms with van der Waals surface area (Å²) in [4.78, 5) is 0. The molecule has 1 nitrogen and oxygen atoms in total. The van der Waals surface area contributed by atoms with Gasteiger partial charge >= 0.3 is 0 Å². The van der Waals surface area contributed by atoms with E-state index in [2.05, 4.69) is 12.1 Å². The van der Waals surface area contributed by atoms with Crippen molar-refractivity contribution in [2.75, 3.05) is 0 Å². The van der Waals surface area contributed by atoms with Gasteiger partial charge in [0.05, 0.1) is 6.10 Å². The second-order valence-electron chi connectivity index (χ2n) is 5.84. The van der Waals surface area contributed by atoms with Gasteiger partial charge < -0.3 is 5.11 Å². The topological polar surface area (TPSA) is 20.2 Å². The van der Waals surface area contributed by atoms with Gasteiger partial charge in [-0.25, -0.2) is 4.39 Å². The van der Waals surface area contributed by atoms with Gasteiger partial charge in [0.25, 0.3) is 0 Å². The third kappa shape index (κ3) is 2.25. The van der Waals surface area contributed by atoms with E-state index in [1.54, 1.807) is 0 Å². The Labute approximate surface area is 119 Å². The lowest BCUT2D eigenvalue weighted by molar-refractivity contribution is 0.112. The van der Waals surface area contributed by atoms with E-state index < -0.39 is 6.10 Å². The van der Waals surface area contributed by atoms with Crippen LogP contribution in [0.2, 0.25) is 0 Å². The van der Waals surface area contributed by atoms with Gasteiger partial charge in [-0.15, -0.1) is 0 Å². The Morgan fingerprint density at radius 3 is 2.05 bits per heavy atom. The predicted octanol–water partition coefficient (Wildman–Crippen LogP) is 3.89. The first-order chi connectivity index (χ1) is 9.56. The summed E-state index contributed by atoms with van der Waals surface area (Å²) in [7, 11) is 0. The maximum absolute atomic E-state index is 13.4. The molecular weight excluding hydrogens is 251 g/mol. The third-order valence-corrected chi connectivity index (χ3v) is 4.38. The monoisotopic (exact) mass is 270 g/mol. The van der Waals surface area contributed by atoms with E-state index >= 15 is 0 Å². The maximum Gasteiger partial charge on any atom is 0.123 e. The molecular formula is C18H19FO. The van der Waals surface area contributed by atoms with E-state index in [0.717, 1.165) is 29.5 Å². The highest BCUT2D eigenvalue weighted by molar-refractivity contribution is 5.39. The fraction of sp³-hybridized carbons (Fsp3) is 0.333. The zero-order valence-electron chi connectivity index (χ0n) is 11.9. The van der Waals surface area contributed by atoms with Crippen molar-refractivity contribution < 1.29 is 9.50 Å². The molecule has 3 rings (SSSR count). The molecule has 2 heteroatoms. The Balaban J connectivity index is 1.90. The van der Waals surface area contributed by atoms with Crippen LogP contribution in [0, 0.1) is 25.6 Å². The van der Waals surface area contributed by atoms with Crippen molar-refractivity contribution in [2.24, 2.45) is 5.92 Å². The molecule has 1 N–H and O–H groups in total. The quantitative estimate of drug-likeness (QED) is 0.877. The van der Waals surface area contributed by atoms with Crippen LogP contribution in [0.15, 0.2) is 36.4 Å². The van der Waals surface area contributed by atoms with Gasteiger partial charge in [0.15, 0.2) is 0 Å². The van der Waals surface area contributed by atoms with E-state index in [9.17, 15) is 9.50 Å². The molecule has 0 spiro atoms. The molecule has 1 aliphatic carbocycles. The molecule has 0 fully saturated rings. The number of rotatable bonds is 2. The SMILES string of the molecule is Cc1cc(F)cc(C)c1C(O)C1Cc2ccccc2C1. The number of aryl methyl sites for hydroxylation is 2. The fourth-order valence-corrected chi connectivity index (χ4v) is 3.44. The Kier molecular flexibility index (Phi) is 3.35. The zero-order valence-corrected chi connectivity index (χ0v) is 11.9. The minimum absolute atomic E-state index is 0.190. The van der Waals surface area contributed by atoms with Gasteiger partial charge in [-0.05, 0) is 72.6 Å². The van der Waals surface area contributed by atoms with Gasteiger partial charge in [-0.3, -0.25) is 0 Å². The van der Waals surface area contributed by atoms with Crippen LogP contribution in [-0.4, -0.2) is 5.11 Å². The normalized spacial score (nSPS) is 16.2. The second kappa shape index (κ2) is 5.02. The van der Waals surface area contributed by atoms with Gasteiger partial charge in [0.1, 0.15) is 5.82 Å². The fourth-order valence-electron chi connectivity index (χ4n) is 3.44. The van der Waals surface area contributed by atoms with Crippen LogP contribution in [0.1, 0.15) is 33.9 Å². The van der Waals surface area contributed by atoms with E-state index in [1.165, 1.54) is 23.3 Å². The van der Waals surface area contributed by atoms with E-state index in [0.29, 0.717) is 0 Å². The molecule has 1 unspecified atom stereocenters. The number of aliphatic hydroxyl groups is 1. The zero-order chi connectivity index (χ0) is 14.3. The minimum Gasteiger partial charge on any atom is -0.388 e. The largest absolute Gasteiger partial charge is 0.388 e. The molecule has 2 aromatic rings. The van der Waals surface area contributed by atoms with Crippen molar-refractivity contribution in [1.29, 1.82) is 0 Å². The average molecular weight is 270 g/mol. The molecule has 0 amide bonds. The Morgan fingerprint density at radius 2 is 1.55 bits per heavy atom. The Hall–Kier alpha value is -1.67. The van der Waals surface area contributed by atoms with Crippen LogP contribution in [0.4, 0.5) is 4.39 Å². The number of hydrogen-bond donors (Lipinski definition) is 1. The number of fused-ring (bicyclic) bond motifs is 1. The van der Waals surface area contributed by atoms with Crippen molar-refractivity contribution in [3.63, 3.8) is 0 Å². The molecule has 1 atom stereocenters. The van der Waals surface area contributed by atoms with Gasteiger partial charge in [-0.1, -0.05) is 24.3 Å². The van der Waals surface area contributed by atoms with Crippen LogP contribution in [0.25, 0.3) is 0 Å². The van der Waals surface area contributed by atoms with Crippen molar-refractivity contribution in [2.45, 2.75) is 32.8 Å². The van der Waals surface area contributed by atoms with E-state index in [4.69, 9.17) is 0 Å². The van der Waals surface area contributed by atoms with Gasteiger partial charge in [0, 0.05) is 0 Å². The summed E-state index contributed by atoms with van der Waals surface area (Å²) < 4.78 is 13.4. The van der Waals surface area contributed by atoms with E-state index in [1.807, 2.05) is 26.0 Å². The van der Waals surface area contributed by atoms with Crippen LogP contribution in [0.5, 0.6) is 0 Å². The van der Waals surface area contributed by atoms with Crippen LogP contribution >= 0.6 is 0 Å². The highest BCUT2D eigenvalue weighted by atomic mass is 19.1. The smallest absolute Gasteiger partial charge is 0.123 e. The second-order valence-corrected chi connectivity index (χ2v) is 5.84. The lowest BCUT2D eigenvalue weighted by atomic mass is 9.88. The Bertz CT molecular complexity index is 600. The number of aliphatic hydroxyl groups excluding tert-OH is 1. The molecule has 0 aliphatic heterocycles. The first-order valence-electron chi connectivity index (χ1n) is 7.07. The first kappa shape index (κ1) is 13.3. The molecule has 1 aliphatic rings. The summed E-state index contributed by atoms with van der Waals surface area (Å²) in [5.41, 5.74) is 5.23. The van der Waals surface area contributed by atoms with E-state index in [-0.39, 0.29) is 11.7 Å². The first-order valence-corrected chi connectivity index (χ1v) is 7.07. The summed E-state index contributed by atoms with van der Waals surface area (Å²) in [5, 5.41) is 10.7. The summed E-state index contributed by atoms with van der Waals surface area (Å²) in [6.07, 6.45) is 1.27. The molecule has 0 aromatic heterocycles. The van der Waals surface area contributed by atoms with Gasteiger partial charge in [-0.2, -0.15) is 0 Å². The molecule has 0 saturated heterocycles. The molecule has 0 bridgehead atoms. The van der Waals surface area contributed by atoms with Crippen molar-refractivity contribution >= 4 is 0 Å². The summed E-state index contributed by atoms with van der Waals surface area (Å²) in [6.45, 7) is 3.74. The molecule has 104 valence electrons. The van der Waals surface area contributed by atoms with Crippen molar-refractivity contribution in [3.8, 4) is 0 Å². The summed E-state index contributed by atoms with van der Waals surface area (Å²) in [5.74, 6) is -0.0408. The maximum atomic E-state index is 13.4. The summed E-state index contributed by atoms with van der Waals surface area (Å²) in [6, 6.07) is 11.4. The molecule has 0 radical (unpaired) electrons. The highest BCUT2D eigenvalue weighted by Crippen LogP contribution is 2.37. The van der Waals surface area contributed by atoms with Crippen LogP contribution < -0.4 is 0 Å². The standard InChI is InChI=1S/C18H19FO/c1-11-7-16(19)8-12(2)17(11)18(20)15-9-13-5-3-4-6-14(13)10-15/h3-8,15,18,20H,9-10H2,1-2H3. The van der Waals surface area contributed by atoms with Gasteiger partial charge in [0.2, 0.25) is 0 Å². The minimum atomic E-state index is -0.525.